The molecule has 1 N–H and O–H groups in total. The summed E-state index contributed by atoms with van der Waals surface area (Å²) < 4.78 is 32.1. The standard InChI is InChI=1S/C13H23F2NO/c1-12(5-3-7-17-12)10-16-9-11-4-2-6-13(14,15)8-11/h11,16H,2-10H2,1H3. The number of rotatable bonds is 4. The van der Waals surface area contributed by atoms with Gasteiger partial charge >= 0.3 is 0 Å². The molecule has 2 aliphatic rings. The summed E-state index contributed by atoms with van der Waals surface area (Å²) in [5.41, 5.74) is -0.0722. The molecule has 0 aromatic rings. The van der Waals surface area contributed by atoms with Gasteiger partial charge in [0.2, 0.25) is 5.92 Å². The van der Waals surface area contributed by atoms with Gasteiger partial charge in [-0.05, 0) is 45.1 Å². The molecule has 1 aliphatic heterocycles. The van der Waals surface area contributed by atoms with E-state index in [1.165, 1.54) is 0 Å². The van der Waals surface area contributed by atoms with Gasteiger partial charge in [0.05, 0.1) is 5.60 Å². The molecule has 0 spiro atoms. The molecule has 2 atom stereocenters. The maximum absolute atomic E-state index is 13.2. The predicted molar refractivity (Wildman–Crippen MR) is 63.4 cm³/mol. The average molecular weight is 247 g/mol. The van der Waals surface area contributed by atoms with Crippen molar-refractivity contribution in [2.24, 2.45) is 5.92 Å². The average Bonchev–Trinajstić information content (AvgIpc) is 2.64. The normalized spacial score (nSPS) is 37.2. The summed E-state index contributed by atoms with van der Waals surface area (Å²) in [5, 5.41) is 3.32. The predicted octanol–water partition coefficient (Wildman–Crippen LogP) is 2.97. The second-order valence-electron chi connectivity index (χ2n) is 5.85. The van der Waals surface area contributed by atoms with Gasteiger partial charge < -0.3 is 10.1 Å². The first kappa shape index (κ1) is 13.2. The van der Waals surface area contributed by atoms with Crippen LogP contribution in [-0.2, 0) is 4.74 Å². The van der Waals surface area contributed by atoms with Crippen LogP contribution in [0.5, 0.6) is 0 Å². The molecule has 0 aromatic heterocycles. The van der Waals surface area contributed by atoms with Crippen molar-refractivity contribution in [3.05, 3.63) is 0 Å². The second-order valence-corrected chi connectivity index (χ2v) is 5.85. The summed E-state index contributed by atoms with van der Waals surface area (Å²) in [6.07, 6.45) is 3.90. The Morgan fingerprint density at radius 1 is 1.29 bits per heavy atom. The summed E-state index contributed by atoms with van der Waals surface area (Å²) >= 11 is 0. The third kappa shape index (κ3) is 3.88. The molecule has 0 amide bonds. The lowest BCUT2D eigenvalue weighted by Gasteiger charge is -2.30. The van der Waals surface area contributed by atoms with Crippen LogP contribution in [0.1, 0.15) is 45.4 Å². The molecule has 2 unspecified atom stereocenters. The van der Waals surface area contributed by atoms with Gasteiger partial charge in [-0.25, -0.2) is 8.78 Å². The Morgan fingerprint density at radius 3 is 2.76 bits per heavy atom. The van der Waals surface area contributed by atoms with E-state index in [9.17, 15) is 8.78 Å². The number of alkyl halides is 2. The lowest BCUT2D eigenvalue weighted by atomic mass is 9.86. The van der Waals surface area contributed by atoms with Crippen LogP contribution in [0.15, 0.2) is 0 Å². The van der Waals surface area contributed by atoms with E-state index < -0.39 is 5.92 Å². The fraction of sp³-hybridized carbons (Fsp3) is 1.00. The summed E-state index contributed by atoms with van der Waals surface area (Å²) in [6, 6.07) is 0. The number of hydrogen-bond donors (Lipinski definition) is 1. The molecule has 100 valence electrons. The van der Waals surface area contributed by atoms with Crippen molar-refractivity contribution in [1.29, 1.82) is 0 Å². The van der Waals surface area contributed by atoms with E-state index >= 15 is 0 Å². The Hall–Kier alpha value is -0.220. The van der Waals surface area contributed by atoms with Crippen molar-refractivity contribution in [3.63, 3.8) is 0 Å². The minimum atomic E-state index is -2.43. The Kier molecular flexibility index (Phi) is 4.03. The molecular formula is C13H23F2NO. The zero-order valence-corrected chi connectivity index (χ0v) is 10.6. The van der Waals surface area contributed by atoms with Crippen LogP contribution in [0.2, 0.25) is 0 Å². The molecule has 2 rings (SSSR count). The summed E-state index contributed by atoms with van der Waals surface area (Å²) in [4.78, 5) is 0. The van der Waals surface area contributed by atoms with Crippen molar-refractivity contribution in [3.8, 4) is 0 Å². The van der Waals surface area contributed by atoms with Crippen molar-refractivity contribution in [2.75, 3.05) is 19.7 Å². The van der Waals surface area contributed by atoms with Gasteiger partial charge in [-0.2, -0.15) is 0 Å². The molecule has 1 aliphatic carbocycles. The molecule has 0 aromatic carbocycles. The smallest absolute Gasteiger partial charge is 0.248 e. The van der Waals surface area contributed by atoms with Crippen LogP contribution < -0.4 is 5.32 Å². The van der Waals surface area contributed by atoms with E-state index in [0.29, 0.717) is 13.0 Å². The topological polar surface area (TPSA) is 21.3 Å². The highest BCUT2D eigenvalue weighted by molar-refractivity contribution is 4.84. The maximum atomic E-state index is 13.2. The molecule has 1 heterocycles. The van der Waals surface area contributed by atoms with Gasteiger partial charge in [-0.1, -0.05) is 0 Å². The molecular weight excluding hydrogens is 224 g/mol. The number of ether oxygens (including phenoxy) is 1. The molecule has 1 saturated heterocycles. The van der Waals surface area contributed by atoms with Crippen molar-refractivity contribution in [2.45, 2.75) is 57.0 Å². The number of hydrogen-bond acceptors (Lipinski definition) is 2. The van der Waals surface area contributed by atoms with Crippen molar-refractivity contribution in [1.82, 2.24) is 5.32 Å². The van der Waals surface area contributed by atoms with Gasteiger partial charge in [0.15, 0.2) is 0 Å². The fourth-order valence-electron chi connectivity index (χ4n) is 2.97. The lowest BCUT2D eigenvalue weighted by molar-refractivity contribution is -0.0528. The van der Waals surface area contributed by atoms with Crippen LogP contribution in [0.4, 0.5) is 8.78 Å². The van der Waals surface area contributed by atoms with E-state index in [-0.39, 0.29) is 24.4 Å². The molecule has 0 bridgehead atoms. The van der Waals surface area contributed by atoms with Crippen LogP contribution in [-0.4, -0.2) is 31.2 Å². The van der Waals surface area contributed by atoms with Gasteiger partial charge in [0.1, 0.15) is 0 Å². The van der Waals surface area contributed by atoms with E-state index in [1.54, 1.807) is 0 Å². The van der Waals surface area contributed by atoms with Gasteiger partial charge in [0.25, 0.3) is 0 Å². The first-order valence-electron chi connectivity index (χ1n) is 6.72. The quantitative estimate of drug-likeness (QED) is 0.824. The summed E-state index contributed by atoms with van der Waals surface area (Å²) in [7, 11) is 0. The molecule has 2 nitrogen and oxygen atoms in total. The van der Waals surface area contributed by atoms with Crippen LogP contribution in [0.25, 0.3) is 0 Å². The Morgan fingerprint density at radius 2 is 2.12 bits per heavy atom. The number of nitrogens with one attached hydrogen (secondary N) is 1. The molecule has 2 fully saturated rings. The monoisotopic (exact) mass is 247 g/mol. The zero-order chi connectivity index (χ0) is 12.4. The summed E-state index contributed by atoms with van der Waals surface area (Å²) in [5.74, 6) is -2.30. The first-order valence-corrected chi connectivity index (χ1v) is 6.72. The molecule has 1 saturated carbocycles. The third-order valence-electron chi connectivity index (χ3n) is 3.97. The number of halogens is 2. The van der Waals surface area contributed by atoms with Crippen LogP contribution >= 0.6 is 0 Å². The molecule has 0 radical (unpaired) electrons. The first-order chi connectivity index (χ1) is 7.99. The lowest BCUT2D eigenvalue weighted by Crippen LogP contribution is -2.40. The van der Waals surface area contributed by atoms with Gasteiger partial charge in [0, 0.05) is 26.0 Å². The third-order valence-corrected chi connectivity index (χ3v) is 3.97. The van der Waals surface area contributed by atoms with Gasteiger partial charge in [-0.3, -0.25) is 0 Å². The van der Waals surface area contributed by atoms with Gasteiger partial charge in [-0.15, -0.1) is 0 Å². The maximum Gasteiger partial charge on any atom is 0.248 e. The molecule has 17 heavy (non-hydrogen) atoms. The summed E-state index contributed by atoms with van der Waals surface area (Å²) in [6.45, 7) is 4.42. The second kappa shape index (κ2) is 5.19. The minimum absolute atomic E-state index is 0.0531. The fourth-order valence-corrected chi connectivity index (χ4v) is 2.97. The highest BCUT2D eigenvalue weighted by Gasteiger charge is 2.36. The SMILES string of the molecule is CC1(CNCC2CCCC(F)(F)C2)CCCO1. The Balaban J connectivity index is 1.68. The zero-order valence-electron chi connectivity index (χ0n) is 10.6. The largest absolute Gasteiger partial charge is 0.374 e. The van der Waals surface area contributed by atoms with Crippen LogP contribution in [0.3, 0.4) is 0 Å². The Bertz CT molecular complexity index is 252. The molecule has 4 heteroatoms. The Labute approximate surface area is 102 Å². The van der Waals surface area contributed by atoms with Crippen molar-refractivity contribution < 1.29 is 13.5 Å². The van der Waals surface area contributed by atoms with Crippen LogP contribution in [0, 0.1) is 5.92 Å². The highest BCUT2D eigenvalue weighted by atomic mass is 19.3. The van der Waals surface area contributed by atoms with E-state index in [0.717, 1.165) is 32.4 Å². The highest BCUT2D eigenvalue weighted by Crippen LogP contribution is 2.36. The van der Waals surface area contributed by atoms with E-state index in [2.05, 4.69) is 12.2 Å². The minimum Gasteiger partial charge on any atom is -0.374 e. The van der Waals surface area contributed by atoms with E-state index in [1.807, 2.05) is 0 Å². The van der Waals surface area contributed by atoms with Crippen molar-refractivity contribution >= 4 is 0 Å². The van der Waals surface area contributed by atoms with E-state index in [4.69, 9.17) is 4.74 Å².